The molecule has 96 valence electrons. The van der Waals surface area contributed by atoms with E-state index in [1.807, 2.05) is 6.92 Å². The number of aliphatic carboxylic acids is 1. The van der Waals surface area contributed by atoms with E-state index < -0.39 is 11.4 Å². The molecule has 0 spiro atoms. The molecule has 0 heterocycles. The first-order chi connectivity index (χ1) is 8.50. The Balaban J connectivity index is 1.87. The molecule has 2 atom stereocenters. The van der Waals surface area contributed by atoms with E-state index in [9.17, 15) is 14.3 Å². The largest absolute Gasteiger partial charge is 0.481 e. The van der Waals surface area contributed by atoms with Gasteiger partial charge in [-0.3, -0.25) is 4.79 Å². The van der Waals surface area contributed by atoms with Gasteiger partial charge in [0.1, 0.15) is 5.82 Å². The van der Waals surface area contributed by atoms with Crippen LogP contribution in [0.1, 0.15) is 30.4 Å². The van der Waals surface area contributed by atoms with E-state index in [0.29, 0.717) is 18.3 Å². The van der Waals surface area contributed by atoms with Gasteiger partial charge in [-0.05, 0) is 67.7 Å². The van der Waals surface area contributed by atoms with Gasteiger partial charge >= 0.3 is 5.97 Å². The first-order valence-electron chi connectivity index (χ1n) is 6.49. The van der Waals surface area contributed by atoms with Crippen LogP contribution in [0.25, 0.3) is 0 Å². The van der Waals surface area contributed by atoms with Crippen LogP contribution in [0, 0.1) is 30.0 Å². The second kappa shape index (κ2) is 3.81. The van der Waals surface area contributed by atoms with Crippen molar-refractivity contribution in [3.63, 3.8) is 0 Å². The van der Waals surface area contributed by atoms with Crippen molar-refractivity contribution in [2.45, 2.75) is 32.6 Å². The van der Waals surface area contributed by atoms with Gasteiger partial charge in [0.25, 0.3) is 0 Å². The molecule has 0 amide bonds. The summed E-state index contributed by atoms with van der Waals surface area (Å²) in [5.41, 5.74) is 1.23. The van der Waals surface area contributed by atoms with E-state index in [0.717, 1.165) is 24.0 Å². The average Bonchev–Trinajstić information content (AvgIpc) is 2.91. The van der Waals surface area contributed by atoms with Crippen LogP contribution < -0.4 is 0 Å². The van der Waals surface area contributed by atoms with Crippen molar-refractivity contribution in [2.75, 3.05) is 0 Å². The van der Waals surface area contributed by atoms with Crippen molar-refractivity contribution in [1.29, 1.82) is 0 Å². The van der Waals surface area contributed by atoms with Crippen LogP contribution in [-0.2, 0) is 11.2 Å². The SMILES string of the molecule is Cc1cc(F)ccc1CC1(C(=O)O)CC2CC2C1. The number of carboxylic acids is 1. The number of halogens is 1. The van der Waals surface area contributed by atoms with Gasteiger partial charge in [0.15, 0.2) is 0 Å². The van der Waals surface area contributed by atoms with Crippen LogP contribution in [0.3, 0.4) is 0 Å². The predicted octanol–water partition coefficient (Wildman–Crippen LogP) is 3.18. The highest BCUT2D eigenvalue weighted by Crippen LogP contribution is 2.61. The molecule has 3 rings (SSSR count). The zero-order valence-electron chi connectivity index (χ0n) is 10.4. The summed E-state index contributed by atoms with van der Waals surface area (Å²) in [4.78, 5) is 11.6. The molecular weight excluding hydrogens is 231 g/mol. The van der Waals surface area contributed by atoms with Crippen LogP contribution in [0.5, 0.6) is 0 Å². The number of aryl methyl sites for hydroxylation is 1. The van der Waals surface area contributed by atoms with Gasteiger partial charge in [-0.2, -0.15) is 0 Å². The second-order valence-electron chi connectivity index (χ2n) is 6.00. The van der Waals surface area contributed by atoms with Crippen molar-refractivity contribution < 1.29 is 14.3 Å². The predicted molar refractivity (Wildman–Crippen MR) is 65.7 cm³/mol. The van der Waals surface area contributed by atoms with E-state index in [-0.39, 0.29) is 5.82 Å². The third kappa shape index (κ3) is 1.82. The number of carboxylic acid groups (broad SMARTS) is 1. The minimum atomic E-state index is -0.682. The van der Waals surface area contributed by atoms with E-state index in [4.69, 9.17) is 0 Å². The Morgan fingerprint density at radius 3 is 2.67 bits per heavy atom. The molecule has 1 aromatic rings. The molecule has 2 saturated carbocycles. The van der Waals surface area contributed by atoms with E-state index in [1.165, 1.54) is 18.6 Å². The standard InChI is InChI=1S/C15H17FO2/c1-9-4-13(16)3-2-10(9)6-15(14(17)18)7-11-5-12(11)8-15/h2-4,11-12H,5-8H2,1H3,(H,17,18). The van der Waals surface area contributed by atoms with Crippen molar-refractivity contribution in [3.8, 4) is 0 Å². The number of fused-ring (bicyclic) bond motifs is 1. The quantitative estimate of drug-likeness (QED) is 0.892. The Hall–Kier alpha value is -1.38. The highest BCUT2D eigenvalue weighted by atomic mass is 19.1. The maximum Gasteiger partial charge on any atom is 0.309 e. The van der Waals surface area contributed by atoms with Crippen molar-refractivity contribution in [2.24, 2.45) is 17.3 Å². The molecule has 2 nitrogen and oxygen atoms in total. The third-order valence-corrected chi connectivity index (χ3v) is 4.66. The summed E-state index contributed by atoms with van der Waals surface area (Å²) in [5, 5.41) is 9.53. The number of rotatable bonds is 3. The van der Waals surface area contributed by atoms with Crippen molar-refractivity contribution in [1.82, 2.24) is 0 Å². The zero-order valence-corrected chi connectivity index (χ0v) is 10.4. The summed E-state index contributed by atoms with van der Waals surface area (Å²) in [5.74, 6) is 0.317. The minimum Gasteiger partial charge on any atom is -0.481 e. The fourth-order valence-corrected chi connectivity index (χ4v) is 3.51. The lowest BCUT2D eigenvalue weighted by atomic mass is 9.77. The summed E-state index contributed by atoms with van der Waals surface area (Å²) in [6, 6.07) is 4.65. The molecule has 3 heteroatoms. The molecule has 0 aliphatic heterocycles. The Kier molecular flexibility index (Phi) is 2.47. The number of carbonyl (C=O) groups is 1. The van der Waals surface area contributed by atoms with Crippen molar-refractivity contribution in [3.05, 3.63) is 35.1 Å². The Morgan fingerprint density at radius 1 is 1.44 bits per heavy atom. The number of hydrogen-bond donors (Lipinski definition) is 1. The Bertz CT molecular complexity index is 499. The summed E-state index contributed by atoms with van der Waals surface area (Å²) in [7, 11) is 0. The van der Waals surface area contributed by atoms with Gasteiger partial charge in [-0.1, -0.05) is 6.07 Å². The van der Waals surface area contributed by atoms with Gasteiger partial charge in [-0.25, -0.2) is 4.39 Å². The molecule has 2 unspecified atom stereocenters. The summed E-state index contributed by atoms with van der Waals surface area (Å²) in [6.45, 7) is 1.85. The van der Waals surface area contributed by atoms with Crippen LogP contribution in [0.2, 0.25) is 0 Å². The fourth-order valence-electron chi connectivity index (χ4n) is 3.51. The summed E-state index contributed by atoms with van der Waals surface area (Å²) in [6.07, 6.45) is 3.34. The minimum absolute atomic E-state index is 0.255. The normalized spacial score (nSPS) is 33.2. The fraction of sp³-hybridized carbons (Fsp3) is 0.533. The molecule has 2 aliphatic carbocycles. The molecule has 0 saturated heterocycles. The molecular formula is C15H17FO2. The highest BCUT2D eigenvalue weighted by Gasteiger charge is 2.57. The maximum atomic E-state index is 13.1. The molecule has 1 aromatic carbocycles. The zero-order chi connectivity index (χ0) is 12.9. The third-order valence-electron chi connectivity index (χ3n) is 4.66. The van der Waals surface area contributed by atoms with Gasteiger partial charge < -0.3 is 5.11 Å². The molecule has 0 radical (unpaired) electrons. The van der Waals surface area contributed by atoms with E-state index >= 15 is 0 Å². The molecule has 2 aliphatic rings. The van der Waals surface area contributed by atoms with Crippen LogP contribution in [0.15, 0.2) is 18.2 Å². The topological polar surface area (TPSA) is 37.3 Å². The first kappa shape index (κ1) is 11.7. The van der Waals surface area contributed by atoms with Crippen molar-refractivity contribution >= 4 is 5.97 Å². The summed E-state index contributed by atoms with van der Waals surface area (Å²) < 4.78 is 13.1. The lowest BCUT2D eigenvalue weighted by Crippen LogP contribution is -2.32. The molecule has 0 aromatic heterocycles. The van der Waals surface area contributed by atoms with Gasteiger partial charge in [0, 0.05) is 0 Å². The van der Waals surface area contributed by atoms with E-state index in [1.54, 1.807) is 6.07 Å². The molecule has 2 fully saturated rings. The lowest BCUT2D eigenvalue weighted by molar-refractivity contribution is -0.149. The molecule has 18 heavy (non-hydrogen) atoms. The number of hydrogen-bond acceptors (Lipinski definition) is 1. The average molecular weight is 248 g/mol. The number of benzene rings is 1. The Labute approximate surface area is 106 Å². The smallest absolute Gasteiger partial charge is 0.309 e. The van der Waals surface area contributed by atoms with Crippen LogP contribution in [0.4, 0.5) is 4.39 Å². The van der Waals surface area contributed by atoms with Gasteiger partial charge in [0.05, 0.1) is 5.41 Å². The highest BCUT2D eigenvalue weighted by molar-refractivity contribution is 5.76. The monoisotopic (exact) mass is 248 g/mol. The molecule has 1 N–H and O–H groups in total. The van der Waals surface area contributed by atoms with Crippen LogP contribution >= 0.6 is 0 Å². The second-order valence-corrected chi connectivity index (χ2v) is 6.00. The van der Waals surface area contributed by atoms with E-state index in [2.05, 4.69) is 0 Å². The van der Waals surface area contributed by atoms with Crippen LogP contribution in [-0.4, -0.2) is 11.1 Å². The molecule has 0 bridgehead atoms. The lowest BCUT2D eigenvalue weighted by Gasteiger charge is -2.26. The Morgan fingerprint density at radius 2 is 2.11 bits per heavy atom. The maximum absolute atomic E-state index is 13.1. The van der Waals surface area contributed by atoms with Gasteiger partial charge in [0.2, 0.25) is 0 Å². The summed E-state index contributed by atoms with van der Waals surface area (Å²) >= 11 is 0. The van der Waals surface area contributed by atoms with Gasteiger partial charge in [-0.15, -0.1) is 0 Å². The first-order valence-corrected chi connectivity index (χ1v) is 6.49.